The Morgan fingerprint density at radius 1 is 1.70 bits per heavy atom. The molecule has 0 aliphatic heterocycles. The molecule has 2 aromatic heterocycles. The molecule has 52 valence electrons. The number of fused-ring (bicyclic) bond motifs is 1. The molecule has 3 N–H and O–H groups in total. The molecule has 0 aromatic carbocycles. The van der Waals surface area contributed by atoms with Gasteiger partial charge in [-0.3, -0.25) is 4.40 Å². The maximum Gasteiger partial charge on any atom is 0.159 e. The second-order valence-corrected chi connectivity index (χ2v) is 2.75. The largest absolute Gasteiger partial charge is 0.504 e. The standard InChI is InChI=1S/C5H5N3OS/c6-5-3(9)1-4-8(5)2-7-10-4/h1-2,9H,6H2. The van der Waals surface area contributed by atoms with E-state index in [4.69, 9.17) is 10.8 Å². The number of hydrogen-bond acceptors (Lipinski definition) is 4. The molecule has 0 radical (unpaired) electrons. The molecular formula is C5H5N3OS. The second kappa shape index (κ2) is 1.63. The van der Waals surface area contributed by atoms with Gasteiger partial charge in [-0.05, 0) is 11.5 Å². The highest BCUT2D eigenvalue weighted by Gasteiger charge is 2.05. The van der Waals surface area contributed by atoms with E-state index in [0.717, 1.165) is 4.83 Å². The van der Waals surface area contributed by atoms with Crippen LogP contribution in [0.2, 0.25) is 0 Å². The molecule has 2 rings (SSSR count). The monoisotopic (exact) mass is 155 g/mol. The van der Waals surface area contributed by atoms with Crippen LogP contribution < -0.4 is 5.73 Å². The number of anilines is 1. The molecular weight excluding hydrogens is 150 g/mol. The summed E-state index contributed by atoms with van der Waals surface area (Å²) in [6.45, 7) is 0. The molecule has 5 heteroatoms. The first-order chi connectivity index (χ1) is 4.79. The number of aromatic hydroxyl groups is 1. The topological polar surface area (TPSA) is 63.5 Å². The van der Waals surface area contributed by atoms with Crippen molar-refractivity contribution in [1.29, 1.82) is 0 Å². The third kappa shape index (κ3) is 0.522. The van der Waals surface area contributed by atoms with E-state index < -0.39 is 0 Å². The van der Waals surface area contributed by atoms with Crippen molar-refractivity contribution in [1.82, 2.24) is 8.77 Å². The first-order valence-electron chi connectivity index (χ1n) is 2.69. The van der Waals surface area contributed by atoms with Gasteiger partial charge in [-0.2, -0.15) is 4.37 Å². The van der Waals surface area contributed by atoms with Crippen LogP contribution in [-0.2, 0) is 0 Å². The summed E-state index contributed by atoms with van der Waals surface area (Å²) in [5.74, 6) is 0.470. The summed E-state index contributed by atoms with van der Waals surface area (Å²) in [5.41, 5.74) is 5.46. The Bertz CT molecular complexity index is 364. The normalized spacial score (nSPS) is 10.8. The van der Waals surface area contributed by atoms with Crippen LogP contribution in [0.25, 0.3) is 4.83 Å². The molecule has 0 aliphatic rings. The second-order valence-electron chi connectivity index (χ2n) is 1.94. The lowest BCUT2D eigenvalue weighted by Gasteiger charge is -1.87. The summed E-state index contributed by atoms with van der Waals surface area (Å²) >= 11 is 1.30. The summed E-state index contributed by atoms with van der Waals surface area (Å²) in [5, 5.41) is 9.07. The zero-order chi connectivity index (χ0) is 7.14. The Hall–Kier alpha value is -1.23. The van der Waals surface area contributed by atoms with E-state index in [1.54, 1.807) is 16.8 Å². The fourth-order valence-corrected chi connectivity index (χ4v) is 1.46. The van der Waals surface area contributed by atoms with E-state index in [9.17, 15) is 0 Å². The number of nitrogens with two attached hydrogens (primary N) is 1. The predicted molar refractivity (Wildman–Crippen MR) is 39.1 cm³/mol. The number of nitrogen functional groups attached to an aromatic ring is 1. The lowest BCUT2D eigenvalue weighted by atomic mass is 10.6. The summed E-state index contributed by atoms with van der Waals surface area (Å²) in [4.78, 5) is 0.856. The molecule has 0 bridgehead atoms. The number of nitrogens with zero attached hydrogens (tertiary/aromatic N) is 2. The van der Waals surface area contributed by atoms with Gasteiger partial charge in [-0.25, -0.2) is 0 Å². The van der Waals surface area contributed by atoms with Crippen molar-refractivity contribution >= 4 is 22.2 Å². The first kappa shape index (κ1) is 5.55. The molecule has 0 saturated heterocycles. The molecule has 0 aliphatic carbocycles. The molecule has 10 heavy (non-hydrogen) atoms. The lowest BCUT2D eigenvalue weighted by molar-refractivity contribution is 0.478. The summed E-state index contributed by atoms with van der Waals surface area (Å²) in [6.07, 6.45) is 1.58. The van der Waals surface area contributed by atoms with Crippen LogP contribution in [0.4, 0.5) is 5.82 Å². The zero-order valence-electron chi connectivity index (χ0n) is 4.98. The van der Waals surface area contributed by atoms with Crippen molar-refractivity contribution in [2.75, 3.05) is 5.73 Å². The van der Waals surface area contributed by atoms with E-state index in [0.29, 0.717) is 5.82 Å². The van der Waals surface area contributed by atoms with Crippen LogP contribution in [0, 0.1) is 0 Å². The van der Waals surface area contributed by atoms with Gasteiger partial charge in [0.25, 0.3) is 0 Å². The van der Waals surface area contributed by atoms with Gasteiger partial charge >= 0.3 is 0 Å². The summed E-state index contributed by atoms with van der Waals surface area (Å²) in [7, 11) is 0. The average Bonchev–Trinajstić information content (AvgIpc) is 2.41. The third-order valence-electron chi connectivity index (χ3n) is 1.33. The summed E-state index contributed by atoms with van der Waals surface area (Å²) < 4.78 is 5.52. The lowest BCUT2D eigenvalue weighted by Crippen LogP contribution is -1.88. The Labute approximate surface area is 60.7 Å². The highest BCUT2D eigenvalue weighted by Crippen LogP contribution is 2.26. The molecule has 0 fully saturated rings. The van der Waals surface area contributed by atoms with Gasteiger partial charge in [0.05, 0.1) is 0 Å². The fourth-order valence-electron chi connectivity index (χ4n) is 0.817. The van der Waals surface area contributed by atoms with Crippen LogP contribution in [0.15, 0.2) is 12.4 Å². The van der Waals surface area contributed by atoms with Crippen molar-refractivity contribution in [3.63, 3.8) is 0 Å². The molecule has 0 atom stereocenters. The number of rotatable bonds is 0. The Balaban J connectivity index is 2.95. The van der Waals surface area contributed by atoms with E-state index in [2.05, 4.69) is 4.37 Å². The van der Waals surface area contributed by atoms with Crippen molar-refractivity contribution < 1.29 is 5.11 Å². The van der Waals surface area contributed by atoms with Gasteiger partial charge in [0, 0.05) is 6.07 Å². The molecule has 4 nitrogen and oxygen atoms in total. The van der Waals surface area contributed by atoms with Crippen molar-refractivity contribution in [2.45, 2.75) is 0 Å². The van der Waals surface area contributed by atoms with Crippen molar-refractivity contribution in [2.24, 2.45) is 0 Å². The minimum atomic E-state index is 0.119. The smallest absolute Gasteiger partial charge is 0.159 e. The Kier molecular flexibility index (Phi) is 0.906. The van der Waals surface area contributed by atoms with E-state index in [-0.39, 0.29) is 5.75 Å². The molecule has 0 saturated carbocycles. The van der Waals surface area contributed by atoms with Crippen molar-refractivity contribution in [3.8, 4) is 5.75 Å². The van der Waals surface area contributed by atoms with E-state index in [1.807, 2.05) is 0 Å². The highest BCUT2D eigenvalue weighted by atomic mass is 32.1. The van der Waals surface area contributed by atoms with Crippen molar-refractivity contribution in [3.05, 3.63) is 12.4 Å². The maximum atomic E-state index is 9.07. The van der Waals surface area contributed by atoms with E-state index >= 15 is 0 Å². The molecule has 0 spiro atoms. The summed E-state index contributed by atoms with van der Waals surface area (Å²) in [6, 6.07) is 1.59. The van der Waals surface area contributed by atoms with Crippen LogP contribution in [0.1, 0.15) is 0 Å². The Morgan fingerprint density at radius 2 is 2.50 bits per heavy atom. The SMILES string of the molecule is Nc1c(O)cc2sncn12. The van der Waals surface area contributed by atoms with Gasteiger partial charge in [0.1, 0.15) is 11.2 Å². The van der Waals surface area contributed by atoms with Gasteiger partial charge in [-0.1, -0.05) is 0 Å². The quantitative estimate of drug-likeness (QED) is 0.588. The molecule has 0 unspecified atom stereocenters. The molecule has 0 amide bonds. The number of hydrogen-bond donors (Lipinski definition) is 2. The van der Waals surface area contributed by atoms with Crippen LogP contribution in [-0.4, -0.2) is 13.9 Å². The van der Waals surface area contributed by atoms with E-state index in [1.165, 1.54) is 11.5 Å². The van der Waals surface area contributed by atoms with Crippen LogP contribution >= 0.6 is 11.5 Å². The molecule has 2 aromatic rings. The van der Waals surface area contributed by atoms with Gasteiger partial charge in [0.15, 0.2) is 11.6 Å². The zero-order valence-corrected chi connectivity index (χ0v) is 5.80. The van der Waals surface area contributed by atoms with Crippen LogP contribution in [0.3, 0.4) is 0 Å². The van der Waals surface area contributed by atoms with Gasteiger partial charge < -0.3 is 10.8 Å². The third-order valence-corrected chi connectivity index (χ3v) is 2.03. The van der Waals surface area contributed by atoms with Crippen LogP contribution in [0.5, 0.6) is 5.75 Å². The maximum absolute atomic E-state index is 9.07. The van der Waals surface area contributed by atoms with Gasteiger partial charge in [-0.15, -0.1) is 0 Å². The minimum absolute atomic E-state index is 0.119. The number of aromatic nitrogens is 2. The molecule has 2 heterocycles. The highest BCUT2D eigenvalue weighted by molar-refractivity contribution is 7.11. The fraction of sp³-hybridized carbons (Fsp3) is 0. The Morgan fingerprint density at radius 3 is 3.20 bits per heavy atom. The minimum Gasteiger partial charge on any atom is -0.504 e. The van der Waals surface area contributed by atoms with Gasteiger partial charge in [0.2, 0.25) is 0 Å². The first-order valence-corrected chi connectivity index (χ1v) is 3.46. The predicted octanol–water partition coefficient (Wildman–Crippen LogP) is 0.684. The average molecular weight is 155 g/mol.